The highest BCUT2D eigenvalue weighted by molar-refractivity contribution is 7.90. The summed E-state index contributed by atoms with van der Waals surface area (Å²) < 4.78 is 33.8. The number of rotatable bonds is 4. The molecule has 6 nitrogen and oxygen atoms in total. The number of fused-ring (bicyclic) bond motifs is 1. The van der Waals surface area contributed by atoms with Gasteiger partial charge in [0.2, 0.25) is 5.96 Å². The maximum Gasteiger partial charge on any atom is 0.266 e. The van der Waals surface area contributed by atoms with Crippen molar-refractivity contribution in [2.24, 2.45) is 4.99 Å². The first-order valence-electron chi connectivity index (χ1n) is 8.88. The number of aliphatic imine (C=N–C) groups is 1. The lowest BCUT2D eigenvalue weighted by molar-refractivity contribution is 0.483. The number of sulfonamides is 1. The van der Waals surface area contributed by atoms with Crippen molar-refractivity contribution in [1.82, 2.24) is 4.72 Å². The first-order chi connectivity index (χ1) is 13.9. The molecule has 1 aliphatic rings. The van der Waals surface area contributed by atoms with E-state index in [-0.39, 0.29) is 10.9 Å². The Morgan fingerprint density at radius 3 is 2.48 bits per heavy atom. The molecule has 0 unspecified atom stereocenters. The number of hydrogen-bond acceptors (Lipinski definition) is 4. The summed E-state index contributed by atoms with van der Waals surface area (Å²) in [6.45, 7) is 2.32. The third kappa shape index (κ3) is 4.06. The minimum atomic E-state index is -3.79. The van der Waals surface area contributed by atoms with Gasteiger partial charge in [-0.1, -0.05) is 54.1 Å². The van der Waals surface area contributed by atoms with Gasteiger partial charge in [0.15, 0.2) is 5.75 Å². The van der Waals surface area contributed by atoms with Crippen molar-refractivity contribution in [3.8, 4) is 11.5 Å². The Labute approximate surface area is 174 Å². The van der Waals surface area contributed by atoms with Crippen LogP contribution in [-0.4, -0.2) is 14.4 Å². The molecule has 148 valence electrons. The van der Waals surface area contributed by atoms with Gasteiger partial charge in [-0.3, -0.25) is 0 Å². The van der Waals surface area contributed by atoms with E-state index < -0.39 is 10.0 Å². The molecule has 3 aromatic carbocycles. The molecule has 0 radical (unpaired) electrons. The standard InChI is InChI=1S/C21H18ClN3O3S/c1-14-7-2-3-8-15(14)13-23-21-24-20-18(28-17-10-5-4-9-16(17)22)11-6-12-19(20)29(26,27)25-21/h2-12H,13H2,1H3,(H2,23,24,25). The molecule has 8 heteroatoms. The molecule has 0 aliphatic carbocycles. The molecule has 0 atom stereocenters. The van der Waals surface area contributed by atoms with Gasteiger partial charge < -0.3 is 10.1 Å². The lowest BCUT2D eigenvalue weighted by atomic mass is 10.1. The van der Waals surface area contributed by atoms with E-state index in [4.69, 9.17) is 16.3 Å². The lowest BCUT2D eigenvalue weighted by Crippen LogP contribution is -2.40. The van der Waals surface area contributed by atoms with E-state index in [2.05, 4.69) is 15.0 Å². The normalized spacial score (nSPS) is 15.9. The Bertz CT molecular complexity index is 1210. The number of ether oxygens (including phenoxy) is 1. The van der Waals surface area contributed by atoms with Gasteiger partial charge in [0.25, 0.3) is 10.0 Å². The van der Waals surface area contributed by atoms with Gasteiger partial charge in [0.1, 0.15) is 16.3 Å². The van der Waals surface area contributed by atoms with E-state index in [0.717, 1.165) is 11.1 Å². The zero-order valence-electron chi connectivity index (χ0n) is 15.5. The van der Waals surface area contributed by atoms with Crippen LogP contribution >= 0.6 is 11.6 Å². The number of aryl methyl sites for hydroxylation is 1. The van der Waals surface area contributed by atoms with E-state index in [1.807, 2.05) is 31.2 Å². The number of para-hydroxylation sites is 2. The topological polar surface area (TPSA) is 79.8 Å². The summed E-state index contributed by atoms with van der Waals surface area (Å²) in [6, 6.07) is 19.6. The predicted molar refractivity (Wildman–Crippen MR) is 114 cm³/mol. The predicted octanol–water partition coefficient (Wildman–Crippen LogP) is 4.70. The number of benzene rings is 3. The Kier molecular flexibility index (Phi) is 5.17. The van der Waals surface area contributed by atoms with Gasteiger partial charge in [0.05, 0.1) is 11.6 Å². The molecule has 0 amide bonds. The van der Waals surface area contributed by atoms with Crippen LogP contribution in [0, 0.1) is 6.92 Å². The molecule has 3 aromatic rings. The van der Waals surface area contributed by atoms with Crippen LogP contribution in [0.15, 0.2) is 76.6 Å². The third-order valence-electron chi connectivity index (χ3n) is 4.48. The lowest BCUT2D eigenvalue weighted by Gasteiger charge is -2.23. The molecule has 1 aliphatic heterocycles. The molecule has 0 spiro atoms. The monoisotopic (exact) mass is 427 g/mol. The van der Waals surface area contributed by atoms with Crippen molar-refractivity contribution < 1.29 is 13.2 Å². The smallest absolute Gasteiger partial charge is 0.266 e. The SMILES string of the molecule is Cc1ccccc1CN=C1Nc2c(Oc3ccccc3Cl)cccc2S(=O)(=O)N1. The Morgan fingerprint density at radius 1 is 0.966 bits per heavy atom. The van der Waals surface area contributed by atoms with E-state index in [1.54, 1.807) is 36.4 Å². The molecule has 0 bridgehead atoms. The van der Waals surface area contributed by atoms with Crippen LogP contribution in [0.3, 0.4) is 0 Å². The van der Waals surface area contributed by atoms with Crippen LogP contribution in [0.25, 0.3) is 0 Å². The summed E-state index contributed by atoms with van der Waals surface area (Å²) in [5.74, 6) is 0.902. The summed E-state index contributed by atoms with van der Waals surface area (Å²) >= 11 is 6.17. The van der Waals surface area contributed by atoms with Crippen molar-refractivity contribution in [3.05, 3.63) is 82.9 Å². The summed E-state index contributed by atoms with van der Waals surface area (Å²) in [4.78, 5) is 4.49. The second kappa shape index (κ2) is 7.77. The van der Waals surface area contributed by atoms with Crippen LogP contribution in [0.2, 0.25) is 5.02 Å². The molecule has 29 heavy (non-hydrogen) atoms. The molecule has 2 N–H and O–H groups in total. The summed E-state index contributed by atoms with van der Waals surface area (Å²) in [6.07, 6.45) is 0. The number of nitrogens with zero attached hydrogens (tertiary/aromatic N) is 1. The van der Waals surface area contributed by atoms with Crippen LogP contribution in [0.1, 0.15) is 11.1 Å². The zero-order chi connectivity index (χ0) is 20.4. The van der Waals surface area contributed by atoms with Crippen molar-refractivity contribution in [1.29, 1.82) is 0 Å². The number of nitrogens with one attached hydrogen (secondary N) is 2. The van der Waals surface area contributed by atoms with E-state index in [9.17, 15) is 8.42 Å². The van der Waals surface area contributed by atoms with Gasteiger partial charge in [-0.25, -0.2) is 18.1 Å². The number of anilines is 1. The second-order valence-corrected chi connectivity index (χ2v) is 8.54. The van der Waals surface area contributed by atoms with Gasteiger partial charge in [-0.2, -0.15) is 0 Å². The average Bonchev–Trinajstić information content (AvgIpc) is 2.69. The molecule has 1 heterocycles. The highest BCUT2D eigenvalue weighted by atomic mass is 35.5. The maximum atomic E-state index is 12.7. The largest absolute Gasteiger partial charge is 0.454 e. The zero-order valence-corrected chi connectivity index (χ0v) is 17.1. The van der Waals surface area contributed by atoms with Crippen LogP contribution in [0.5, 0.6) is 11.5 Å². The molecule has 0 saturated carbocycles. The van der Waals surface area contributed by atoms with E-state index in [0.29, 0.717) is 28.8 Å². The molecular weight excluding hydrogens is 410 g/mol. The average molecular weight is 428 g/mol. The van der Waals surface area contributed by atoms with Gasteiger partial charge in [-0.15, -0.1) is 0 Å². The van der Waals surface area contributed by atoms with Gasteiger partial charge in [0, 0.05) is 0 Å². The molecule has 0 aromatic heterocycles. The number of halogens is 1. The Morgan fingerprint density at radius 2 is 1.69 bits per heavy atom. The third-order valence-corrected chi connectivity index (χ3v) is 6.17. The number of guanidine groups is 1. The maximum absolute atomic E-state index is 12.7. The first kappa shape index (κ1) is 19.3. The van der Waals surface area contributed by atoms with Crippen molar-refractivity contribution >= 4 is 33.3 Å². The summed E-state index contributed by atoms with van der Waals surface area (Å²) in [7, 11) is -3.79. The van der Waals surface area contributed by atoms with Crippen molar-refractivity contribution in [2.75, 3.05) is 5.32 Å². The number of hydrogen-bond donors (Lipinski definition) is 2. The first-order valence-corrected chi connectivity index (χ1v) is 10.7. The fourth-order valence-electron chi connectivity index (χ4n) is 2.94. The molecular formula is C21H18ClN3O3S. The minimum absolute atomic E-state index is 0.0805. The summed E-state index contributed by atoms with van der Waals surface area (Å²) in [5.41, 5.74) is 2.40. The quantitative estimate of drug-likeness (QED) is 0.632. The minimum Gasteiger partial charge on any atom is -0.454 e. The fourth-order valence-corrected chi connectivity index (χ4v) is 4.27. The van der Waals surface area contributed by atoms with Gasteiger partial charge in [-0.05, 0) is 42.3 Å². The highest BCUT2D eigenvalue weighted by Gasteiger charge is 2.29. The van der Waals surface area contributed by atoms with E-state index in [1.165, 1.54) is 6.07 Å². The molecule has 0 saturated heterocycles. The Balaban J connectivity index is 1.69. The van der Waals surface area contributed by atoms with Crippen molar-refractivity contribution in [2.45, 2.75) is 18.4 Å². The summed E-state index contributed by atoms with van der Waals surface area (Å²) in [5, 5.41) is 3.47. The van der Waals surface area contributed by atoms with Gasteiger partial charge >= 0.3 is 0 Å². The second-order valence-electron chi connectivity index (χ2n) is 6.48. The molecule has 0 fully saturated rings. The van der Waals surface area contributed by atoms with Crippen LogP contribution in [0.4, 0.5) is 5.69 Å². The van der Waals surface area contributed by atoms with E-state index >= 15 is 0 Å². The highest BCUT2D eigenvalue weighted by Crippen LogP contribution is 2.38. The Hall–Kier alpha value is -3.03. The fraction of sp³-hybridized carbons (Fsp3) is 0.0952. The van der Waals surface area contributed by atoms with Crippen LogP contribution < -0.4 is 14.8 Å². The van der Waals surface area contributed by atoms with Crippen molar-refractivity contribution in [3.63, 3.8) is 0 Å². The molecule has 4 rings (SSSR count). The van der Waals surface area contributed by atoms with Crippen LogP contribution in [-0.2, 0) is 16.6 Å².